The van der Waals surface area contributed by atoms with E-state index in [-0.39, 0.29) is 23.3 Å². The molecule has 1 heterocycles. The minimum atomic E-state index is -3.31. The number of aromatic nitrogens is 2. The van der Waals surface area contributed by atoms with Crippen LogP contribution in [0.2, 0.25) is 0 Å². The number of rotatable bonds is 9. The number of carbonyl (C=O) groups excluding carboxylic acids is 1. The van der Waals surface area contributed by atoms with Gasteiger partial charge in [-0.15, -0.1) is 0 Å². The number of nitrogens with one attached hydrogen (secondary N) is 3. The lowest BCUT2D eigenvalue weighted by Crippen LogP contribution is -2.26. The molecule has 0 bridgehead atoms. The first-order valence-electron chi connectivity index (χ1n) is 9.58. The number of benzene rings is 2. The van der Waals surface area contributed by atoms with E-state index in [1.54, 1.807) is 43.3 Å². The predicted molar refractivity (Wildman–Crippen MR) is 117 cm³/mol. The van der Waals surface area contributed by atoms with Gasteiger partial charge in [0.05, 0.1) is 5.75 Å². The molecule has 0 saturated heterocycles. The average Bonchev–Trinajstić information content (AvgIpc) is 2.75. The Hall–Kier alpha value is -3.53. The smallest absolute Gasteiger partial charge is 0.270 e. The SMILES string of the molecule is CCS(=O)(=O)Nc1ccc(CCNC(=O)c2ccnc(Nc3cccc(F)c3)n2)cc1. The summed E-state index contributed by atoms with van der Waals surface area (Å²) in [6.07, 6.45) is 2.01. The van der Waals surface area contributed by atoms with Crippen LogP contribution in [0.5, 0.6) is 0 Å². The van der Waals surface area contributed by atoms with Crippen LogP contribution in [0.1, 0.15) is 23.0 Å². The second-order valence-electron chi connectivity index (χ2n) is 6.61. The van der Waals surface area contributed by atoms with Gasteiger partial charge in [-0.1, -0.05) is 18.2 Å². The monoisotopic (exact) mass is 443 g/mol. The largest absolute Gasteiger partial charge is 0.350 e. The van der Waals surface area contributed by atoms with Crippen molar-refractivity contribution in [3.05, 3.63) is 77.9 Å². The first-order chi connectivity index (χ1) is 14.8. The summed E-state index contributed by atoms with van der Waals surface area (Å²) < 4.78 is 38.9. The third-order valence-electron chi connectivity index (χ3n) is 4.28. The summed E-state index contributed by atoms with van der Waals surface area (Å²) in [7, 11) is -3.31. The Balaban J connectivity index is 1.53. The lowest BCUT2D eigenvalue weighted by molar-refractivity contribution is 0.0949. The van der Waals surface area contributed by atoms with Gasteiger partial charge in [0.25, 0.3) is 5.91 Å². The maximum atomic E-state index is 13.3. The van der Waals surface area contributed by atoms with E-state index in [0.717, 1.165) is 5.56 Å². The van der Waals surface area contributed by atoms with Gasteiger partial charge in [0.2, 0.25) is 16.0 Å². The third kappa shape index (κ3) is 6.75. The molecule has 162 valence electrons. The summed E-state index contributed by atoms with van der Waals surface area (Å²) in [5, 5.41) is 5.64. The van der Waals surface area contributed by atoms with Gasteiger partial charge in [-0.05, 0) is 55.3 Å². The Bertz CT molecular complexity index is 1150. The van der Waals surface area contributed by atoms with Crippen molar-refractivity contribution < 1.29 is 17.6 Å². The van der Waals surface area contributed by atoms with E-state index in [4.69, 9.17) is 0 Å². The quantitative estimate of drug-likeness (QED) is 0.468. The molecule has 31 heavy (non-hydrogen) atoms. The molecular formula is C21H22FN5O3S. The van der Waals surface area contributed by atoms with Gasteiger partial charge in [0.15, 0.2) is 0 Å². The summed E-state index contributed by atoms with van der Waals surface area (Å²) in [5.74, 6) is -0.571. The van der Waals surface area contributed by atoms with Crippen LogP contribution in [0.25, 0.3) is 0 Å². The standard InChI is InChI=1S/C21H22FN5O3S/c1-2-31(29,30)27-17-8-6-15(7-9-17)10-12-23-20(28)19-11-13-24-21(26-19)25-18-5-3-4-16(22)14-18/h3-9,11,13-14,27H,2,10,12H2,1H3,(H,23,28)(H,24,25,26). The molecule has 1 amide bonds. The van der Waals surface area contributed by atoms with Crippen LogP contribution in [-0.2, 0) is 16.4 Å². The van der Waals surface area contributed by atoms with E-state index in [1.807, 2.05) is 0 Å². The van der Waals surface area contributed by atoms with Gasteiger partial charge in [0.1, 0.15) is 11.5 Å². The number of carbonyl (C=O) groups is 1. The molecule has 3 aromatic rings. The molecule has 0 radical (unpaired) electrons. The molecule has 3 N–H and O–H groups in total. The summed E-state index contributed by atoms with van der Waals surface area (Å²) in [4.78, 5) is 20.6. The molecule has 8 nitrogen and oxygen atoms in total. The lowest BCUT2D eigenvalue weighted by Gasteiger charge is -2.09. The van der Waals surface area contributed by atoms with Crippen molar-refractivity contribution >= 4 is 33.3 Å². The first kappa shape index (κ1) is 22.2. The Kier molecular flexibility index (Phi) is 7.14. The third-order valence-corrected chi connectivity index (χ3v) is 5.58. The van der Waals surface area contributed by atoms with Gasteiger partial charge in [-0.2, -0.15) is 0 Å². The fourth-order valence-electron chi connectivity index (χ4n) is 2.64. The van der Waals surface area contributed by atoms with Crippen LogP contribution in [0.15, 0.2) is 60.8 Å². The molecule has 10 heteroatoms. The maximum Gasteiger partial charge on any atom is 0.270 e. The van der Waals surface area contributed by atoms with Crippen molar-refractivity contribution in [3.63, 3.8) is 0 Å². The Morgan fingerprint density at radius 2 is 1.84 bits per heavy atom. The Morgan fingerprint density at radius 3 is 2.55 bits per heavy atom. The normalized spacial score (nSPS) is 11.0. The van der Waals surface area contributed by atoms with Crippen LogP contribution in [0.3, 0.4) is 0 Å². The zero-order chi connectivity index (χ0) is 22.3. The molecule has 1 aromatic heterocycles. The number of amides is 1. The van der Waals surface area contributed by atoms with Gasteiger partial charge < -0.3 is 10.6 Å². The van der Waals surface area contributed by atoms with Crippen molar-refractivity contribution in [2.75, 3.05) is 22.3 Å². The fraction of sp³-hybridized carbons (Fsp3) is 0.190. The first-order valence-corrected chi connectivity index (χ1v) is 11.2. The van der Waals surface area contributed by atoms with Crippen LogP contribution in [0, 0.1) is 5.82 Å². The summed E-state index contributed by atoms with van der Waals surface area (Å²) in [6.45, 7) is 1.94. The second-order valence-corrected chi connectivity index (χ2v) is 8.62. The highest BCUT2D eigenvalue weighted by atomic mass is 32.2. The number of hydrogen-bond donors (Lipinski definition) is 3. The second kappa shape index (κ2) is 9.98. The highest BCUT2D eigenvalue weighted by Crippen LogP contribution is 2.14. The van der Waals surface area contributed by atoms with E-state index in [0.29, 0.717) is 24.3 Å². The van der Waals surface area contributed by atoms with E-state index in [9.17, 15) is 17.6 Å². The number of hydrogen-bond acceptors (Lipinski definition) is 6. The molecule has 0 spiro atoms. The van der Waals surface area contributed by atoms with Crippen molar-refractivity contribution in [2.45, 2.75) is 13.3 Å². The number of halogens is 1. The number of sulfonamides is 1. The average molecular weight is 444 g/mol. The topological polar surface area (TPSA) is 113 Å². The van der Waals surface area contributed by atoms with Crippen LogP contribution < -0.4 is 15.4 Å². The van der Waals surface area contributed by atoms with E-state index in [1.165, 1.54) is 24.4 Å². The molecule has 0 fully saturated rings. The summed E-state index contributed by atoms with van der Waals surface area (Å²) in [6, 6.07) is 14.3. The summed E-state index contributed by atoms with van der Waals surface area (Å²) >= 11 is 0. The van der Waals surface area contributed by atoms with Gasteiger partial charge >= 0.3 is 0 Å². The van der Waals surface area contributed by atoms with E-state index >= 15 is 0 Å². The van der Waals surface area contributed by atoms with Gasteiger partial charge in [-0.3, -0.25) is 9.52 Å². The molecule has 0 aliphatic heterocycles. The molecular weight excluding hydrogens is 421 g/mol. The van der Waals surface area contributed by atoms with Gasteiger partial charge in [-0.25, -0.2) is 22.8 Å². The van der Waals surface area contributed by atoms with Crippen molar-refractivity contribution in [1.82, 2.24) is 15.3 Å². The maximum absolute atomic E-state index is 13.3. The molecule has 0 aliphatic carbocycles. The zero-order valence-corrected chi connectivity index (χ0v) is 17.6. The van der Waals surface area contributed by atoms with Crippen molar-refractivity contribution in [1.29, 1.82) is 0 Å². The number of anilines is 3. The minimum absolute atomic E-state index is 0.00327. The highest BCUT2D eigenvalue weighted by Gasteiger charge is 2.10. The van der Waals surface area contributed by atoms with Crippen molar-refractivity contribution in [3.8, 4) is 0 Å². The van der Waals surface area contributed by atoms with E-state index < -0.39 is 15.8 Å². The van der Waals surface area contributed by atoms with Crippen LogP contribution >= 0.6 is 0 Å². The summed E-state index contributed by atoms with van der Waals surface area (Å²) in [5.41, 5.74) is 2.09. The lowest BCUT2D eigenvalue weighted by atomic mass is 10.1. The molecule has 0 saturated carbocycles. The molecule has 0 aliphatic rings. The highest BCUT2D eigenvalue weighted by molar-refractivity contribution is 7.92. The molecule has 3 rings (SSSR count). The van der Waals surface area contributed by atoms with Gasteiger partial charge in [0, 0.05) is 24.1 Å². The van der Waals surface area contributed by atoms with Crippen LogP contribution in [-0.4, -0.2) is 36.6 Å². The Morgan fingerprint density at radius 1 is 1.06 bits per heavy atom. The fourth-order valence-corrected chi connectivity index (χ4v) is 3.28. The molecule has 2 aromatic carbocycles. The minimum Gasteiger partial charge on any atom is -0.350 e. The van der Waals surface area contributed by atoms with Crippen molar-refractivity contribution in [2.24, 2.45) is 0 Å². The zero-order valence-electron chi connectivity index (χ0n) is 16.8. The number of nitrogens with zero attached hydrogens (tertiary/aromatic N) is 2. The predicted octanol–water partition coefficient (Wildman–Crippen LogP) is 3.09. The molecule has 0 atom stereocenters. The molecule has 0 unspecified atom stereocenters. The van der Waals surface area contributed by atoms with Crippen LogP contribution in [0.4, 0.5) is 21.7 Å². The Labute approximate surface area is 180 Å². The van der Waals surface area contributed by atoms with E-state index in [2.05, 4.69) is 25.3 Å².